The molecule has 0 spiro atoms. The summed E-state index contributed by atoms with van der Waals surface area (Å²) in [6, 6.07) is 29.0. The van der Waals surface area contributed by atoms with Crippen molar-refractivity contribution in [3.05, 3.63) is 102 Å². The first-order chi connectivity index (χ1) is 13.2. The van der Waals surface area contributed by atoms with E-state index >= 15 is 0 Å². The van der Waals surface area contributed by atoms with E-state index in [1.807, 2.05) is 73.7 Å². The fourth-order valence-corrected chi connectivity index (χ4v) is 2.95. The van der Waals surface area contributed by atoms with E-state index in [0.717, 1.165) is 22.4 Å². The van der Waals surface area contributed by atoms with Gasteiger partial charge in [-0.1, -0.05) is 48.5 Å². The third kappa shape index (κ3) is 3.82. The van der Waals surface area contributed by atoms with Crippen LogP contribution in [0.1, 0.15) is 15.9 Å². The third-order valence-corrected chi connectivity index (χ3v) is 4.47. The fraction of sp³-hybridized carbons (Fsp3) is 0.0417. The van der Waals surface area contributed by atoms with E-state index in [1.54, 1.807) is 12.1 Å². The molecule has 4 aromatic carbocycles. The van der Waals surface area contributed by atoms with Gasteiger partial charge in [0.1, 0.15) is 11.5 Å². The zero-order valence-corrected chi connectivity index (χ0v) is 15.0. The molecule has 0 saturated heterocycles. The van der Waals surface area contributed by atoms with Gasteiger partial charge < -0.3 is 10.1 Å². The van der Waals surface area contributed by atoms with E-state index in [2.05, 4.69) is 17.4 Å². The Balaban J connectivity index is 1.48. The molecule has 0 aliphatic heterocycles. The summed E-state index contributed by atoms with van der Waals surface area (Å²) in [6.45, 7) is 1.97. The Morgan fingerprint density at radius 1 is 0.741 bits per heavy atom. The monoisotopic (exact) mass is 353 g/mol. The number of ether oxygens (including phenoxy) is 1. The van der Waals surface area contributed by atoms with Gasteiger partial charge in [-0.2, -0.15) is 0 Å². The molecule has 1 N–H and O–H groups in total. The number of amides is 1. The van der Waals surface area contributed by atoms with Gasteiger partial charge >= 0.3 is 0 Å². The van der Waals surface area contributed by atoms with Crippen molar-refractivity contribution in [3.8, 4) is 11.5 Å². The number of anilines is 1. The molecule has 0 saturated carbocycles. The van der Waals surface area contributed by atoms with Crippen molar-refractivity contribution < 1.29 is 9.53 Å². The Morgan fingerprint density at radius 3 is 2.19 bits per heavy atom. The second-order valence-electron chi connectivity index (χ2n) is 6.40. The lowest BCUT2D eigenvalue weighted by Crippen LogP contribution is -2.12. The minimum atomic E-state index is -0.137. The molecule has 3 heteroatoms. The average molecular weight is 353 g/mol. The highest BCUT2D eigenvalue weighted by Gasteiger charge is 2.08. The Labute approximate surface area is 158 Å². The highest BCUT2D eigenvalue weighted by molar-refractivity contribution is 6.04. The van der Waals surface area contributed by atoms with Crippen molar-refractivity contribution in [1.29, 1.82) is 0 Å². The first-order valence-corrected chi connectivity index (χ1v) is 8.83. The van der Waals surface area contributed by atoms with Gasteiger partial charge in [-0.15, -0.1) is 0 Å². The molecular weight excluding hydrogens is 334 g/mol. The minimum absolute atomic E-state index is 0.137. The van der Waals surface area contributed by atoms with Crippen LogP contribution in [0.4, 0.5) is 5.69 Å². The molecule has 0 fully saturated rings. The maximum absolute atomic E-state index is 12.4. The molecule has 0 aromatic heterocycles. The summed E-state index contributed by atoms with van der Waals surface area (Å²) in [7, 11) is 0. The maximum Gasteiger partial charge on any atom is 0.255 e. The average Bonchev–Trinajstić information content (AvgIpc) is 2.70. The number of carbonyl (C=O) groups is 1. The number of hydrogen-bond donors (Lipinski definition) is 1. The van der Waals surface area contributed by atoms with Gasteiger partial charge in [-0.05, 0) is 65.7 Å². The first-order valence-electron chi connectivity index (χ1n) is 8.83. The Hall–Kier alpha value is -3.59. The number of aryl methyl sites for hydroxylation is 1. The first kappa shape index (κ1) is 16.9. The van der Waals surface area contributed by atoms with Crippen molar-refractivity contribution in [1.82, 2.24) is 0 Å². The predicted octanol–water partition coefficient (Wildman–Crippen LogP) is 6.19. The second kappa shape index (κ2) is 7.34. The Morgan fingerprint density at radius 2 is 1.41 bits per heavy atom. The van der Waals surface area contributed by atoms with Crippen LogP contribution in [0.5, 0.6) is 11.5 Å². The lowest BCUT2D eigenvalue weighted by atomic mass is 10.1. The van der Waals surface area contributed by atoms with Crippen molar-refractivity contribution in [2.24, 2.45) is 0 Å². The van der Waals surface area contributed by atoms with E-state index < -0.39 is 0 Å². The zero-order valence-electron chi connectivity index (χ0n) is 15.0. The summed E-state index contributed by atoms with van der Waals surface area (Å²) in [6.07, 6.45) is 0. The number of hydrogen-bond acceptors (Lipinski definition) is 2. The van der Waals surface area contributed by atoms with Crippen LogP contribution in [0, 0.1) is 6.92 Å². The van der Waals surface area contributed by atoms with Gasteiger partial charge in [-0.3, -0.25) is 4.79 Å². The molecule has 0 heterocycles. The van der Waals surface area contributed by atoms with Gasteiger partial charge in [0.05, 0.1) is 0 Å². The van der Waals surface area contributed by atoms with Crippen LogP contribution in [0.2, 0.25) is 0 Å². The summed E-state index contributed by atoms with van der Waals surface area (Å²) >= 11 is 0. The molecule has 1 amide bonds. The molecule has 4 rings (SSSR count). The molecule has 0 unspecified atom stereocenters. The highest BCUT2D eigenvalue weighted by Crippen LogP contribution is 2.26. The van der Waals surface area contributed by atoms with Crippen molar-refractivity contribution >= 4 is 22.4 Å². The summed E-state index contributed by atoms with van der Waals surface area (Å²) < 4.78 is 5.93. The number of para-hydroxylation sites is 1. The third-order valence-electron chi connectivity index (χ3n) is 4.47. The van der Waals surface area contributed by atoms with Crippen molar-refractivity contribution in [2.45, 2.75) is 6.92 Å². The van der Waals surface area contributed by atoms with Crippen LogP contribution in [0.15, 0.2) is 91.0 Å². The molecule has 4 aromatic rings. The molecule has 3 nitrogen and oxygen atoms in total. The van der Waals surface area contributed by atoms with Crippen LogP contribution in [0.3, 0.4) is 0 Å². The summed E-state index contributed by atoms with van der Waals surface area (Å²) in [4.78, 5) is 12.4. The largest absolute Gasteiger partial charge is 0.457 e. The van der Waals surface area contributed by atoms with Crippen LogP contribution in [0.25, 0.3) is 10.8 Å². The molecule has 0 aliphatic rings. The summed E-state index contributed by atoms with van der Waals surface area (Å²) in [5.74, 6) is 1.32. The number of fused-ring (bicyclic) bond motifs is 1. The Kier molecular flexibility index (Phi) is 4.58. The summed E-state index contributed by atoms with van der Waals surface area (Å²) in [5.41, 5.74) is 2.44. The molecule has 0 radical (unpaired) electrons. The van der Waals surface area contributed by atoms with Gasteiger partial charge in [0.25, 0.3) is 5.91 Å². The van der Waals surface area contributed by atoms with Crippen LogP contribution in [-0.4, -0.2) is 5.91 Å². The van der Waals surface area contributed by atoms with Gasteiger partial charge in [0.2, 0.25) is 0 Å². The summed E-state index contributed by atoms with van der Waals surface area (Å²) in [5, 5.41) is 5.24. The molecule has 0 atom stereocenters. The van der Waals surface area contributed by atoms with Gasteiger partial charge in [-0.25, -0.2) is 0 Å². The topological polar surface area (TPSA) is 38.3 Å². The van der Waals surface area contributed by atoms with Crippen LogP contribution < -0.4 is 10.1 Å². The number of rotatable bonds is 4. The standard InChI is InChI=1S/C24H19NO2/c1-17-6-2-5-9-23(17)25-24(26)19-11-13-21(14-12-19)27-22-15-10-18-7-3-4-8-20(18)16-22/h2-16H,1H3,(H,25,26). The number of nitrogens with one attached hydrogen (secondary N) is 1. The quantitative estimate of drug-likeness (QED) is 0.475. The normalized spacial score (nSPS) is 10.6. The smallest absolute Gasteiger partial charge is 0.255 e. The Bertz CT molecular complexity index is 1100. The SMILES string of the molecule is Cc1ccccc1NC(=O)c1ccc(Oc2ccc3ccccc3c2)cc1. The van der Waals surface area contributed by atoms with Crippen molar-refractivity contribution in [2.75, 3.05) is 5.32 Å². The second-order valence-corrected chi connectivity index (χ2v) is 6.40. The van der Waals surface area contributed by atoms with Crippen LogP contribution in [-0.2, 0) is 0 Å². The lowest BCUT2D eigenvalue weighted by molar-refractivity contribution is 0.102. The number of carbonyl (C=O) groups excluding carboxylic acids is 1. The molecule has 132 valence electrons. The maximum atomic E-state index is 12.4. The van der Waals surface area contributed by atoms with E-state index in [1.165, 1.54) is 5.39 Å². The fourth-order valence-electron chi connectivity index (χ4n) is 2.95. The number of benzene rings is 4. The van der Waals surface area contributed by atoms with Crippen molar-refractivity contribution in [3.63, 3.8) is 0 Å². The molecule has 27 heavy (non-hydrogen) atoms. The predicted molar refractivity (Wildman–Crippen MR) is 110 cm³/mol. The van der Waals surface area contributed by atoms with E-state index in [4.69, 9.17) is 4.74 Å². The van der Waals surface area contributed by atoms with Crippen LogP contribution >= 0.6 is 0 Å². The molecule has 0 bridgehead atoms. The van der Waals surface area contributed by atoms with Gasteiger partial charge in [0, 0.05) is 11.3 Å². The molecular formula is C24H19NO2. The minimum Gasteiger partial charge on any atom is -0.457 e. The van der Waals surface area contributed by atoms with E-state index in [0.29, 0.717) is 11.3 Å². The zero-order chi connectivity index (χ0) is 18.6. The molecule has 0 aliphatic carbocycles. The van der Waals surface area contributed by atoms with Gasteiger partial charge in [0.15, 0.2) is 0 Å². The lowest BCUT2D eigenvalue weighted by Gasteiger charge is -2.10. The van der Waals surface area contributed by atoms with E-state index in [-0.39, 0.29) is 5.91 Å². The highest BCUT2D eigenvalue weighted by atomic mass is 16.5. The van der Waals surface area contributed by atoms with E-state index in [9.17, 15) is 4.79 Å².